The van der Waals surface area contributed by atoms with Crippen molar-refractivity contribution in [2.75, 3.05) is 19.7 Å². The Morgan fingerprint density at radius 3 is 2.60 bits per heavy atom. The summed E-state index contributed by atoms with van der Waals surface area (Å²) in [5.74, 6) is -0.260. The summed E-state index contributed by atoms with van der Waals surface area (Å²) in [6.45, 7) is 1.11. The molecule has 1 aliphatic carbocycles. The lowest BCUT2D eigenvalue weighted by atomic mass is 9.88. The minimum atomic E-state index is -1.35. The summed E-state index contributed by atoms with van der Waals surface area (Å²) in [6, 6.07) is 4.65. The van der Waals surface area contributed by atoms with E-state index in [1.165, 1.54) is 37.8 Å². The normalized spacial score (nSPS) is 29.4. The molecular weight excluding hydrogens is 345 g/mol. The maximum atomic E-state index is 13.5. The van der Waals surface area contributed by atoms with Gasteiger partial charge in [0.25, 0.3) is 0 Å². The van der Waals surface area contributed by atoms with E-state index in [-0.39, 0.29) is 11.6 Å². The molecule has 1 saturated carbocycles. The van der Waals surface area contributed by atoms with E-state index >= 15 is 0 Å². The summed E-state index contributed by atoms with van der Waals surface area (Å²) in [6.07, 6.45) is 6.98. The zero-order valence-electron chi connectivity index (χ0n) is 14.5. The van der Waals surface area contributed by atoms with Gasteiger partial charge in [-0.25, -0.2) is 4.39 Å². The minimum absolute atomic E-state index is 0.0308. The number of aliphatic hydroxyl groups is 2. The van der Waals surface area contributed by atoms with Crippen molar-refractivity contribution in [2.24, 2.45) is 0 Å². The summed E-state index contributed by atoms with van der Waals surface area (Å²) in [5, 5.41) is 21.3. The molecule has 1 aromatic carbocycles. The molecule has 1 saturated heterocycles. The van der Waals surface area contributed by atoms with E-state index in [9.17, 15) is 14.6 Å². The fourth-order valence-electron chi connectivity index (χ4n) is 3.94. The van der Waals surface area contributed by atoms with Crippen molar-refractivity contribution >= 4 is 11.6 Å². The Morgan fingerprint density at radius 1 is 1.20 bits per heavy atom. The number of aliphatic hydroxyl groups excluding tert-OH is 1. The Labute approximate surface area is 153 Å². The molecule has 2 aliphatic rings. The third-order valence-electron chi connectivity index (χ3n) is 5.51. The van der Waals surface area contributed by atoms with Crippen LogP contribution in [0.3, 0.4) is 0 Å². The quantitative estimate of drug-likeness (QED) is 0.797. The number of likely N-dealkylation sites (tertiary alicyclic amines) is 1. The lowest BCUT2D eigenvalue weighted by Gasteiger charge is -2.45. The molecule has 1 heterocycles. The SMILES string of the molecule is O[C@H]1CCN(C2CCCCCC2)C[C@]1(O)COc1ccc(Cl)c(F)c1. The van der Waals surface area contributed by atoms with Crippen LogP contribution < -0.4 is 4.74 Å². The number of nitrogens with zero attached hydrogens (tertiary/aromatic N) is 1. The van der Waals surface area contributed by atoms with Gasteiger partial charge in [-0.3, -0.25) is 4.90 Å². The van der Waals surface area contributed by atoms with Gasteiger partial charge in [0.15, 0.2) is 0 Å². The fourth-order valence-corrected chi connectivity index (χ4v) is 4.06. The first kappa shape index (κ1) is 18.9. The molecule has 140 valence electrons. The van der Waals surface area contributed by atoms with Gasteiger partial charge in [-0.15, -0.1) is 0 Å². The van der Waals surface area contributed by atoms with E-state index in [1.807, 2.05) is 0 Å². The molecule has 6 heteroatoms. The Morgan fingerprint density at radius 2 is 1.92 bits per heavy atom. The fraction of sp³-hybridized carbons (Fsp3) is 0.684. The first-order valence-electron chi connectivity index (χ1n) is 9.20. The highest BCUT2D eigenvalue weighted by molar-refractivity contribution is 6.30. The third kappa shape index (κ3) is 4.64. The molecular formula is C19H27ClFNO3. The summed E-state index contributed by atoms with van der Waals surface area (Å²) < 4.78 is 19.1. The molecule has 2 fully saturated rings. The van der Waals surface area contributed by atoms with Gasteiger partial charge in [0.05, 0.1) is 11.1 Å². The number of hydrogen-bond donors (Lipinski definition) is 2. The second kappa shape index (κ2) is 8.21. The van der Waals surface area contributed by atoms with Gasteiger partial charge in [-0.1, -0.05) is 37.3 Å². The predicted molar refractivity (Wildman–Crippen MR) is 95.5 cm³/mol. The number of benzene rings is 1. The molecule has 3 rings (SSSR count). The standard InChI is InChI=1S/C19H27ClFNO3/c20-16-8-7-15(11-17(16)21)25-13-19(24)12-22(10-9-18(19)23)14-5-3-1-2-4-6-14/h7-8,11,14,18,23-24H,1-6,9-10,12-13H2/t18-,19-/m0/s1. The molecule has 0 unspecified atom stereocenters. The van der Waals surface area contributed by atoms with E-state index < -0.39 is 17.5 Å². The lowest BCUT2D eigenvalue weighted by Crippen LogP contribution is -2.61. The molecule has 0 aromatic heterocycles. The Balaban J connectivity index is 1.63. The van der Waals surface area contributed by atoms with Crippen molar-refractivity contribution in [3.63, 3.8) is 0 Å². The number of ether oxygens (including phenoxy) is 1. The number of β-amino-alcohol motifs (C(OH)–C–C–N with tert-alkyl or cyclic N) is 1. The molecule has 4 nitrogen and oxygen atoms in total. The highest BCUT2D eigenvalue weighted by Crippen LogP contribution is 2.30. The van der Waals surface area contributed by atoms with Crippen molar-refractivity contribution < 1.29 is 19.3 Å². The van der Waals surface area contributed by atoms with Crippen LogP contribution >= 0.6 is 11.6 Å². The number of halogens is 2. The van der Waals surface area contributed by atoms with Gasteiger partial charge in [0, 0.05) is 25.2 Å². The highest BCUT2D eigenvalue weighted by Gasteiger charge is 2.43. The van der Waals surface area contributed by atoms with Crippen molar-refractivity contribution in [2.45, 2.75) is 62.7 Å². The van der Waals surface area contributed by atoms with Crippen LogP contribution in [0.1, 0.15) is 44.9 Å². The topological polar surface area (TPSA) is 52.9 Å². The summed E-state index contributed by atoms with van der Waals surface area (Å²) in [4.78, 5) is 2.30. The maximum Gasteiger partial charge on any atom is 0.145 e. The zero-order valence-corrected chi connectivity index (χ0v) is 15.2. The van der Waals surface area contributed by atoms with Gasteiger partial charge < -0.3 is 14.9 Å². The molecule has 0 bridgehead atoms. The van der Waals surface area contributed by atoms with Crippen molar-refractivity contribution in [3.05, 3.63) is 29.0 Å². The van der Waals surface area contributed by atoms with Crippen LogP contribution in [0.25, 0.3) is 0 Å². The van der Waals surface area contributed by atoms with Crippen LogP contribution in [-0.2, 0) is 0 Å². The van der Waals surface area contributed by atoms with Gasteiger partial charge in [-0.05, 0) is 31.4 Å². The van der Waals surface area contributed by atoms with E-state index in [2.05, 4.69) is 4.90 Å². The number of hydrogen-bond acceptors (Lipinski definition) is 4. The molecule has 0 radical (unpaired) electrons. The molecule has 25 heavy (non-hydrogen) atoms. The molecule has 2 atom stereocenters. The summed E-state index contributed by atoms with van der Waals surface area (Å²) >= 11 is 5.67. The van der Waals surface area contributed by atoms with E-state index in [1.54, 1.807) is 6.07 Å². The monoisotopic (exact) mass is 371 g/mol. The lowest BCUT2D eigenvalue weighted by molar-refractivity contribution is -0.145. The molecule has 1 aromatic rings. The minimum Gasteiger partial charge on any atom is -0.490 e. The van der Waals surface area contributed by atoms with Crippen LogP contribution in [0.2, 0.25) is 5.02 Å². The van der Waals surface area contributed by atoms with E-state index in [0.29, 0.717) is 24.8 Å². The summed E-state index contributed by atoms with van der Waals surface area (Å²) in [7, 11) is 0. The predicted octanol–water partition coefficient (Wildman–Crippen LogP) is 3.38. The van der Waals surface area contributed by atoms with Gasteiger partial charge in [-0.2, -0.15) is 0 Å². The molecule has 0 amide bonds. The van der Waals surface area contributed by atoms with Gasteiger partial charge in [0.1, 0.15) is 23.8 Å². The van der Waals surface area contributed by atoms with Crippen LogP contribution in [-0.4, -0.2) is 52.6 Å². The Bertz CT molecular complexity index is 580. The van der Waals surface area contributed by atoms with Crippen molar-refractivity contribution in [1.29, 1.82) is 0 Å². The van der Waals surface area contributed by atoms with E-state index in [4.69, 9.17) is 16.3 Å². The zero-order chi connectivity index (χ0) is 17.9. The second-order valence-corrected chi connectivity index (χ2v) is 7.80. The number of piperidine rings is 1. The van der Waals surface area contributed by atoms with Crippen LogP contribution in [0.15, 0.2) is 18.2 Å². The first-order valence-corrected chi connectivity index (χ1v) is 9.58. The van der Waals surface area contributed by atoms with Crippen LogP contribution in [0.4, 0.5) is 4.39 Å². The van der Waals surface area contributed by atoms with Crippen LogP contribution in [0, 0.1) is 5.82 Å². The van der Waals surface area contributed by atoms with Gasteiger partial charge in [0.2, 0.25) is 0 Å². The van der Waals surface area contributed by atoms with E-state index in [0.717, 1.165) is 19.4 Å². The summed E-state index contributed by atoms with van der Waals surface area (Å²) in [5.41, 5.74) is -1.35. The average molecular weight is 372 g/mol. The van der Waals surface area contributed by atoms with Crippen molar-refractivity contribution in [1.82, 2.24) is 4.90 Å². The molecule has 0 spiro atoms. The molecule has 2 N–H and O–H groups in total. The smallest absolute Gasteiger partial charge is 0.145 e. The second-order valence-electron chi connectivity index (χ2n) is 7.39. The number of rotatable bonds is 4. The van der Waals surface area contributed by atoms with Crippen molar-refractivity contribution in [3.8, 4) is 5.75 Å². The van der Waals surface area contributed by atoms with Crippen LogP contribution in [0.5, 0.6) is 5.75 Å². The highest BCUT2D eigenvalue weighted by atomic mass is 35.5. The molecule has 1 aliphatic heterocycles. The Hall–Kier alpha value is -0.880. The Kier molecular flexibility index (Phi) is 6.21. The average Bonchev–Trinajstić information content (AvgIpc) is 2.88. The third-order valence-corrected chi connectivity index (χ3v) is 5.81. The first-order chi connectivity index (χ1) is 12.0. The van der Waals surface area contributed by atoms with Gasteiger partial charge >= 0.3 is 0 Å². The largest absolute Gasteiger partial charge is 0.490 e. The maximum absolute atomic E-state index is 13.5.